The van der Waals surface area contributed by atoms with E-state index in [0.717, 1.165) is 32.1 Å². The number of allylic oxidation sites excluding steroid dienone is 7. The lowest BCUT2D eigenvalue weighted by Gasteiger charge is -2.14. The number of hydrogen-bond acceptors (Lipinski definition) is 1. The Morgan fingerprint density at radius 2 is 1.43 bits per heavy atom. The molecule has 1 rings (SSSR count). The van der Waals surface area contributed by atoms with Crippen LogP contribution in [0.1, 0.15) is 66.2 Å². The van der Waals surface area contributed by atoms with Crippen LogP contribution in [0, 0.1) is 5.92 Å². The molecule has 0 aromatic carbocycles. The summed E-state index contributed by atoms with van der Waals surface area (Å²) in [6.45, 7) is 9.03. The molecule has 0 aromatic rings. The molecular weight excluding hydrogens is 256 g/mol. The van der Waals surface area contributed by atoms with Gasteiger partial charge >= 0.3 is 0 Å². The van der Waals surface area contributed by atoms with Crippen molar-refractivity contribution >= 4 is 0 Å². The van der Waals surface area contributed by atoms with E-state index in [1.54, 1.807) is 0 Å². The highest BCUT2D eigenvalue weighted by Gasteiger charge is 2.07. The number of aliphatic hydroxyl groups excluding tert-OH is 1. The summed E-state index contributed by atoms with van der Waals surface area (Å²) >= 11 is 0. The molecule has 0 saturated carbocycles. The van der Waals surface area contributed by atoms with Gasteiger partial charge in [-0.2, -0.15) is 0 Å². The molecule has 1 unspecified atom stereocenters. The van der Waals surface area contributed by atoms with Crippen LogP contribution in [0.25, 0.3) is 0 Å². The summed E-state index contributed by atoms with van der Waals surface area (Å²) in [6, 6.07) is 0. The lowest BCUT2D eigenvalue weighted by molar-refractivity contribution is 0.253. The predicted octanol–water partition coefficient (Wildman–Crippen LogP) is 5.73. The first-order chi connectivity index (χ1) is 10.0. The second-order valence-corrected chi connectivity index (χ2v) is 6.52. The Morgan fingerprint density at radius 3 is 2.05 bits per heavy atom. The smallest absolute Gasteiger partial charge is 0.0493 e. The summed E-state index contributed by atoms with van der Waals surface area (Å²) in [5, 5.41) is 9.43. The minimum Gasteiger partial charge on any atom is -0.396 e. The molecule has 21 heavy (non-hydrogen) atoms. The van der Waals surface area contributed by atoms with E-state index in [4.69, 9.17) is 0 Å². The van der Waals surface area contributed by atoms with Crippen LogP contribution in [0.3, 0.4) is 0 Å². The molecule has 0 heterocycles. The number of aliphatic hydroxyl groups is 1. The van der Waals surface area contributed by atoms with Crippen LogP contribution in [0.4, 0.5) is 0 Å². The van der Waals surface area contributed by atoms with Gasteiger partial charge in [-0.3, -0.25) is 0 Å². The average Bonchev–Trinajstić information content (AvgIpc) is 2.45. The molecule has 0 radical (unpaired) electrons. The molecule has 0 bridgehead atoms. The maximum atomic E-state index is 9.43. The Labute approximate surface area is 131 Å². The molecule has 0 spiro atoms. The monoisotopic (exact) mass is 288 g/mol. The second-order valence-electron chi connectivity index (χ2n) is 6.52. The van der Waals surface area contributed by atoms with E-state index in [-0.39, 0.29) is 12.5 Å². The van der Waals surface area contributed by atoms with Crippen molar-refractivity contribution in [1.29, 1.82) is 0 Å². The highest BCUT2D eigenvalue weighted by Crippen LogP contribution is 2.21. The topological polar surface area (TPSA) is 20.2 Å². The fraction of sp³-hybridized carbons (Fsp3) is 0.600. The first kappa shape index (κ1) is 18.0. The SMILES string of the molecule is C/C1=C\C=C(\C(C)CO)CC/C(C)=C/CC/C(C)=C/CC1. The highest BCUT2D eigenvalue weighted by molar-refractivity contribution is 5.20. The Kier molecular flexibility index (Phi) is 8.37. The van der Waals surface area contributed by atoms with Crippen molar-refractivity contribution in [3.05, 3.63) is 46.6 Å². The van der Waals surface area contributed by atoms with Gasteiger partial charge in [-0.15, -0.1) is 0 Å². The summed E-state index contributed by atoms with van der Waals surface area (Å²) in [7, 11) is 0. The Hall–Kier alpha value is -1.08. The molecule has 0 amide bonds. The molecule has 0 aliphatic heterocycles. The van der Waals surface area contributed by atoms with Gasteiger partial charge in [0.05, 0.1) is 0 Å². The Bertz CT molecular complexity index is 435. The van der Waals surface area contributed by atoms with Crippen LogP contribution in [0.2, 0.25) is 0 Å². The van der Waals surface area contributed by atoms with Gasteiger partial charge in [0, 0.05) is 12.5 Å². The van der Waals surface area contributed by atoms with Crippen LogP contribution in [-0.4, -0.2) is 11.7 Å². The molecule has 0 fully saturated rings. The second kappa shape index (κ2) is 9.78. The van der Waals surface area contributed by atoms with Gasteiger partial charge < -0.3 is 5.11 Å². The Morgan fingerprint density at radius 1 is 0.857 bits per heavy atom. The fourth-order valence-corrected chi connectivity index (χ4v) is 2.58. The summed E-state index contributed by atoms with van der Waals surface area (Å²) in [5.74, 6) is 0.261. The first-order valence-electron chi connectivity index (χ1n) is 8.31. The van der Waals surface area contributed by atoms with Crippen LogP contribution >= 0.6 is 0 Å². The molecule has 1 aliphatic carbocycles. The number of hydrogen-bond donors (Lipinski definition) is 1. The van der Waals surface area contributed by atoms with Crippen LogP contribution in [0.15, 0.2) is 46.6 Å². The van der Waals surface area contributed by atoms with Crippen molar-refractivity contribution in [1.82, 2.24) is 0 Å². The average molecular weight is 288 g/mol. The highest BCUT2D eigenvalue weighted by atomic mass is 16.3. The van der Waals surface area contributed by atoms with E-state index in [1.807, 2.05) is 0 Å². The quantitative estimate of drug-likeness (QED) is 0.643. The largest absolute Gasteiger partial charge is 0.396 e. The third kappa shape index (κ3) is 7.47. The summed E-state index contributed by atoms with van der Waals surface area (Å²) < 4.78 is 0. The van der Waals surface area contributed by atoms with Crippen molar-refractivity contribution in [2.45, 2.75) is 66.2 Å². The van der Waals surface area contributed by atoms with E-state index in [0.29, 0.717) is 0 Å². The van der Waals surface area contributed by atoms with Crippen molar-refractivity contribution in [2.75, 3.05) is 6.61 Å². The van der Waals surface area contributed by atoms with Gasteiger partial charge in [-0.25, -0.2) is 0 Å². The van der Waals surface area contributed by atoms with Crippen molar-refractivity contribution < 1.29 is 5.11 Å². The zero-order chi connectivity index (χ0) is 15.7. The lowest BCUT2D eigenvalue weighted by atomic mass is 9.93. The molecule has 1 atom stereocenters. The molecule has 118 valence electrons. The van der Waals surface area contributed by atoms with E-state index in [9.17, 15) is 5.11 Å². The minimum absolute atomic E-state index is 0.239. The van der Waals surface area contributed by atoms with Crippen molar-refractivity contribution in [2.24, 2.45) is 5.92 Å². The van der Waals surface area contributed by atoms with Crippen LogP contribution in [-0.2, 0) is 0 Å². The third-order valence-corrected chi connectivity index (χ3v) is 4.36. The Balaban J connectivity index is 2.90. The zero-order valence-electron chi connectivity index (χ0n) is 14.3. The van der Waals surface area contributed by atoms with Gasteiger partial charge in [-0.1, -0.05) is 53.5 Å². The summed E-state index contributed by atoms with van der Waals surface area (Å²) in [6.07, 6.45) is 16.0. The van der Waals surface area contributed by atoms with Crippen molar-refractivity contribution in [3.63, 3.8) is 0 Å². The fourth-order valence-electron chi connectivity index (χ4n) is 2.58. The molecular formula is C20H32O. The van der Waals surface area contributed by atoms with Crippen molar-refractivity contribution in [3.8, 4) is 0 Å². The number of rotatable bonds is 2. The molecule has 0 saturated heterocycles. The van der Waals surface area contributed by atoms with Crippen LogP contribution < -0.4 is 0 Å². The van der Waals surface area contributed by atoms with Gasteiger partial charge in [0.2, 0.25) is 0 Å². The minimum atomic E-state index is 0.239. The van der Waals surface area contributed by atoms with Gasteiger partial charge in [-0.05, 0) is 59.3 Å². The lowest BCUT2D eigenvalue weighted by Crippen LogP contribution is -2.05. The van der Waals surface area contributed by atoms with Crippen LogP contribution in [0.5, 0.6) is 0 Å². The molecule has 0 aromatic heterocycles. The summed E-state index contributed by atoms with van der Waals surface area (Å²) in [5.41, 5.74) is 5.77. The van der Waals surface area contributed by atoms with Gasteiger partial charge in [0.1, 0.15) is 0 Å². The molecule has 1 heteroatoms. The third-order valence-electron chi connectivity index (χ3n) is 4.36. The molecule has 1 nitrogen and oxygen atoms in total. The zero-order valence-corrected chi connectivity index (χ0v) is 14.3. The predicted molar refractivity (Wildman–Crippen MR) is 93.3 cm³/mol. The van der Waals surface area contributed by atoms with E-state index in [1.165, 1.54) is 28.7 Å². The molecule has 1 N–H and O–H groups in total. The van der Waals surface area contributed by atoms with E-state index < -0.39 is 0 Å². The van der Waals surface area contributed by atoms with E-state index in [2.05, 4.69) is 52.0 Å². The maximum Gasteiger partial charge on any atom is 0.0493 e. The summed E-state index contributed by atoms with van der Waals surface area (Å²) in [4.78, 5) is 0. The standard InChI is InChI=1S/C20H32O/c1-16-7-5-9-17(2)11-13-20(19(4)15-21)14-12-18(3)10-6-8-16/h7,10-11,13,19,21H,5-6,8-9,12,14-15H2,1-4H3/b16-7+,17-11+,18-10+,20-13+. The van der Waals surface area contributed by atoms with Gasteiger partial charge in [0.15, 0.2) is 0 Å². The molecule has 1 aliphatic rings. The normalized spacial score (nSPS) is 30.5. The van der Waals surface area contributed by atoms with Gasteiger partial charge in [0.25, 0.3) is 0 Å². The maximum absolute atomic E-state index is 9.43. The van der Waals surface area contributed by atoms with E-state index >= 15 is 0 Å². The first-order valence-corrected chi connectivity index (χ1v) is 8.31.